The molecule has 0 aliphatic carbocycles. The zero-order valence-corrected chi connectivity index (χ0v) is 11.8. The second-order valence-corrected chi connectivity index (χ2v) is 5.23. The molecule has 0 saturated heterocycles. The number of unbranched alkanes of at least 4 members (excludes halogenated alkanes) is 1. The molecule has 3 nitrogen and oxygen atoms in total. The highest BCUT2D eigenvalue weighted by Gasteiger charge is 2.27. The maximum atomic E-state index is 11.8. The molecule has 16 heavy (non-hydrogen) atoms. The summed E-state index contributed by atoms with van der Waals surface area (Å²) in [7, 11) is 0. The molecule has 0 bridgehead atoms. The normalized spacial score (nSPS) is 11.1. The number of hydrogen-bond donors (Lipinski definition) is 2. The van der Waals surface area contributed by atoms with Crippen LogP contribution in [0.4, 0.5) is 0 Å². The summed E-state index contributed by atoms with van der Waals surface area (Å²) in [4.78, 5) is 11.8. The van der Waals surface area contributed by atoms with E-state index in [0.717, 1.165) is 25.8 Å². The molecular weight excluding hydrogens is 224 g/mol. The second kappa shape index (κ2) is 8.82. The van der Waals surface area contributed by atoms with E-state index in [1.54, 1.807) is 0 Å². The summed E-state index contributed by atoms with van der Waals surface area (Å²) in [6.45, 7) is 9.74. The third-order valence-electron chi connectivity index (χ3n) is 2.45. The SMILES string of the molecule is CC(C)CC(C)(C)C(=O)NCCCCN.Cl. The lowest BCUT2D eigenvalue weighted by Crippen LogP contribution is -2.38. The Morgan fingerprint density at radius 1 is 1.31 bits per heavy atom. The lowest BCUT2D eigenvalue weighted by atomic mass is 9.83. The van der Waals surface area contributed by atoms with Crippen molar-refractivity contribution in [1.29, 1.82) is 0 Å². The summed E-state index contributed by atoms with van der Waals surface area (Å²) in [6.07, 6.45) is 2.88. The number of halogens is 1. The Labute approximate surface area is 106 Å². The van der Waals surface area contributed by atoms with Gasteiger partial charge in [-0.3, -0.25) is 4.79 Å². The minimum Gasteiger partial charge on any atom is -0.356 e. The van der Waals surface area contributed by atoms with E-state index >= 15 is 0 Å². The van der Waals surface area contributed by atoms with Crippen LogP contribution in [0.15, 0.2) is 0 Å². The first-order valence-electron chi connectivity index (χ1n) is 5.88. The van der Waals surface area contributed by atoms with Gasteiger partial charge in [0.15, 0.2) is 0 Å². The average Bonchev–Trinajstić information content (AvgIpc) is 2.10. The van der Waals surface area contributed by atoms with Crippen LogP contribution in [-0.2, 0) is 4.79 Å². The summed E-state index contributed by atoms with van der Waals surface area (Å²) < 4.78 is 0. The smallest absolute Gasteiger partial charge is 0.225 e. The average molecular weight is 251 g/mol. The number of amides is 1. The number of nitrogens with two attached hydrogens (primary N) is 1. The molecule has 0 fully saturated rings. The van der Waals surface area contributed by atoms with Crippen LogP contribution >= 0.6 is 12.4 Å². The molecule has 0 unspecified atom stereocenters. The van der Waals surface area contributed by atoms with Crippen LogP contribution in [0.5, 0.6) is 0 Å². The van der Waals surface area contributed by atoms with E-state index in [9.17, 15) is 4.79 Å². The summed E-state index contributed by atoms with van der Waals surface area (Å²) in [5.74, 6) is 0.711. The largest absolute Gasteiger partial charge is 0.356 e. The van der Waals surface area contributed by atoms with Crippen LogP contribution in [0.25, 0.3) is 0 Å². The van der Waals surface area contributed by atoms with Crippen molar-refractivity contribution in [2.45, 2.75) is 47.0 Å². The fourth-order valence-electron chi connectivity index (χ4n) is 1.82. The van der Waals surface area contributed by atoms with Crippen molar-refractivity contribution in [2.24, 2.45) is 17.1 Å². The van der Waals surface area contributed by atoms with E-state index in [1.165, 1.54) is 0 Å². The molecule has 0 spiro atoms. The Balaban J connectivity index is 0. The van der Waals surface area contributed by atoms with Gasteiger partial charge in [-0.15, -0.1) is 12.4 Å². The lowest BCUT2D eigenvalue weighted by Gasteiger charge is -2.25. The first-order chi connectivity index (χ1) is 6.90. The van der Waals surface area contributed by atoms with Crippen molar-refractivity contribution in [1.82, 2.24) is 5.32 Å². The monoisotopic (exact) mass is 250 g/mol. The van der Waals surface area contributed by atoms with Crippen LogP contribution in [-0.4, -0.2) is 19.0 Å². The first-order valence-corrected chi connectivity index (χ1v) is 5.88. The van der Waals surface area contributed by atoms with E-state index in [2.05, 4.69) is 19.2 Å². The van der Waals surface area contributed by atoms with Gasteiger partial charge in [-0.1, -0.05) is 27.7 Å². The number of carbonyl (C=O) groups excluding carboxylic acids is 1. The molecule has 0 aromatic heterocycles. The van der Waals surface area contributed by atoms with Crippen LogP contribution in [0.1, 0.15) is 47.0 Å². The summed E-state index contributed by atoms with van der Waals surface area (Å²) in [5.41, 5.74) is 5.13. The van der Waals surface area contributed by atoms with E-state index in [-0.39, 0.29) is 23.7 Å². The van der Waals surface area contributed by atoms with Gasteiger partial charge in [0.1, 0.15) is 0 Å². The van der Waals surface area contributed by atoms with Crippen LogP contribution in [0.3, 0.4) is 0 Å². The predicted molar refractivity (Wildman–Crippen MR) is 71.8 cm³/mol. The van der Waals surface area contributed by atoms with E-state index < -0.39 is 0 Å². The van der Waals surface area contributed by atoms with Gasteiger partial charge in [-0.2, -0.15) is 0 Å². The number of hydrogen-bond acceptors (Lipinski definition) is 2. The molecule has 98 valence electrons. The second-order valence-electron chi connectivity index (χ2n) is 5.23. The maximum Gasteiger partial charge on any atom is 0.225 e. The highest BCUT2D eigenvalue weighted by atomic mass is 35.5. The third-order valence-corrected chi connectivity index (χ3v) is 2.45. The zero-order valence-electron chi connectivity index (χ0n) is 11.0. The van der Waals surface area contributed by atoms with Crippen molar-refractivity contribution in [2.75, 3.05) is 13.1 Å². The molecule has 0 aliphatic rings. The molecular formula is C12H27ClN2O. The Kier molecular flexibility index (Phi) is 9.98. The van der Waals surface area contributed by atoms with Gasteiger partial charge in [0.2, 0.25) is 5.91 Å². The number of carbonyl (C=O) groups is 1. The molecule has 0 rings (SSSR count). The molecule has 0 aromatic carbocycles. The fraction of sp³-hybridized carbons (Fsp3) is 0.917. The van der Waals surface area contributed by atoms with Crippen LogP contribution in [0, 0.1) is 11.3 Å². The first kappa shape index (κ1) is 18.1. The van der Waals surface area contributed by atoms with Gasteiger partial charge in [0.25, 0.3) is 0 Å². The molecule has 0 atom stereocenters. The van der Waals surface area contributed by atoms with Crippen molar-refractivity contribution in [3.05, 3.63) is 0 Å². The van der Waals surface area contributed by atoms with Crippen molar-refractivity contribution in [3.8, 4) is 0 Å². The molecule has 0 heterocycles. The summed E-state index contributed by atoms with van der Waals surface area (Å²) in [5, 5.41) is 2.97. The molecule has 4 heteroatoms. The van der Waals surface area contributed by atoms with Gasteiger partial charge < -0.3 is 11.1 Å². The highest BCUT2D eigenvalue weighted by Crippen LogP contribution is 2.25. The molecule has 0 aliphatic heterocycles. The quantitative estimate of drug-likeness (QED) is 0.682. The van der Waals surface area contributed by atoms with Gasteiger partial charge in [0, 0.05) is 12.0 Å². The Bertz CT molecular complexity index is 193. The highest BCUT2D eigenvalue weighted by molar-refractivity contribution is 5.85. The van der Waals surface area contributed by atoms with Gasteiger partial charge in [-0.05, 0) is 31.7 Å². The Hall–Kier alpha value is -0.280. The molecule has 0 aromatic rings. The topological polar surface area (TPSA) is 55.1 Å². The van der Waals surface area contributed by atoms with E-state index in [4.69, 9.17) is 5.73 Å². The number of nitrogens with one attached hydrogen (secondary N) is 1. The lowest BCUT2D eigenvalue weighted by molar-refractivity contribution is -0.130. The Morgan fingerprint density at radius 3 is 2.31 bits per heavy atom. The third kappa shape index (κ3) is 7.94. The van der Waals surface area contributed by atoms with Crippen molar-refractivity contribution >= 4 is 18.3 Å². The summed E-state index contributed by atoms with van der Waals surface area (Å²) in [6, 6.07) is 0. The predicted octanol–water partition coefficient (Wildman–Crippen LogP) is 2.34. The molecule has 3 N–H and O–H groups in total. The van der Waals surface area contributed by atoms with Gasteiger partial charge in [0.05, 0.1) is 0 Å². The van der Waals surface area contributed by atoms with Gasteiger partial charge >= 0.3 is 0 Å². The van der Waals surface area contributed by atoms with Crippen molar-refractivity contribution < 1.29 is 4.79 Å². The Morgan fingerprint density at radius 2 is 1.88 bits per heavy atom. The van der Waals surface area contributed by atoms with E-state index in [0.29, 0.717) is 12.5 Å². The summed E-state index contributed by atoms with van der Waals surface area (Å²) >= 11 is 0. The molecule has 0 saturated carbocycles. The van der Waals surface area contributed by atoms with Crippen LogP contribution < -0.4 is 11.1 Å². The molecule has 0 radical (unpaired) electrons. The minimum absolute atomic E-state index is 0. The zero-order chi connectivity index (χ0) is 11.9. The van der Waals surface area contributed by atoms with Crippen LogP contribution in [0.2, 0.25) is 0 Å². The van der Waals surface area contributed by atoms with Gasteiger partial charge in [-0.25, -0.2) is 0 Å². The minimum atomic E-state index is -0.253. The molecule has 1 amide bonds. The standard InChI is InChI=1S/C12H26N2O.ClH/c1-10(2)9-12(3,4)11(15)14-8-6-5-7-13;/h10H,5-9,13H2,1-4H3,(H,14,15);1H. The number of rotatable bonds is 7. The maximum absolute atomic E-state index is 11.8. The van der Waals surface area contributed by atoms with Crippen molar-refractivity contribution in [3.63, 3.8) is 0 Å². The van der Waals surface area contributed by atoms with E-state index in [1.807, 2.05) is 13.8 Å². The fourth-order valence-corrected chi connectivity index (χ4v) is 1.82.